The van der Waals surface area contributed by atoms with Crippen LogP contribution in [0.1, 0.15) is 21.6 Å². The highest BCUT2D eigenvalue weighted by molar-refractivity contribution is 7.13. The fraction of sp³-hybridized carbons (Fsp3) is 0.154. The molecule has 13 heteroatoms. The van der Waals surface area contributed by atoms with Crippen LogP contribution in [0.3, 0.4) is 0 Å². The van der Waals surface area contributed by atoms with Crippen molar-refractivity contribution in [1.29, 1.82) is 0 Å². The fourth-order valence-corrected chi connectivity index (χ4v) is 4.88. The Hall–Kier alpha value is -4.65. The first-order valence-corrected chi connectivity index (χ1v) is 12.7. The number of carbonyl (C=O) groups excluding carboxylic acids is 1. The molecule has 0 saturated carbocycles. The highest BCUT2D eigenvalue weighted by Gasteiger charge is 2.31. The number of hydrogen-bond acceptors (Lipinski definition) is 8. The Kier molecular flexibility index (Phi) is 6.06. The van der Waals surface area contributed by atoms with Crippen LogP contribution < -0.4 is 16.3 Å². The first kappa shape index (κ1) is 24.7. The number of amides is 1. The molecule has 3 aliphatic heterocycles. The SMILES string of the molecule is Cc1ccc(NC(=O)c2cc(C(F)(F)F)ccn2)cc1-c1cc2cn/c(=N/c3cncs3)nc-2n2c1NCC2. The molecule has 0 fully saturated rings. The summed E-state index contributed by atoms with van der Waals surface area (Å²) in [5.41, 5.74) is 4.65. The molecule has 2 aromatic heterocycles. The van der Waals surface area contributed by atoms with Crippen LogP contribution in [0, 0.1) is 6.92 Å². The van der Waals surface area contributed by atoms with E-state index in [1.807, 2.05) is 19.1 Å². The van der Waals surface area contributed by atoms with Crippen molar-refractivity contribution in [2.24, 2.45) is 4.99 Å². The summed E-state index contributed by atoms with van der Waals surface area (Å²) in [7, 11) is 0. The molecule has 0 bridgehead atoms. The van der Waals surface area contributed by atoms with Crippen molar-refractivity contribution >= 4 is 33.8 Å². The van der Waals surface area contributed by atoms with Crippen LogP contribution >= 0.6 is 11.3 Å². The van der Waals surface area contributed by atoms with Gasteiger partial charge in [-0.1, -0.05) is 6.07 Å². The summed E-state index contributed by atoms with van der Waals surface area (Å²) in [6, 6.07) is 8.86. The highest BCUT2D eigenvalue weighted by atomic mass is 32.1. The summed E-state index contributed by atoms with van der Waals surface area (Å²) >= 11 is 1.39. The summed E-state index contributed by atoms with van der Waals surface area (Å²) in [6.45, 7) is 3.33. The maximum absolute atomic E-state index is 13.1. The lowest BCUT2D eigenvalue weighted by Crippen LogP contribution is -2.17. The number of fused-ring (bicyclic) bond motifs is 3. The summed E-state index contributed by atoms with van der Waals surface area (Å²) in [5, 5.41) is 6.80. The molecule has 2 N–H and O–H groups in total. The van der Waals surface area contributed by atoms with E-state index in [1.54, 1.807) is 30.0 Å². The number of nitrogens with one attached hydrogen (secondary N) is 2. The summed E-state index contributed by atoms with van der Waals surface area (Å²) in [6.07, 6.45) is -0.233. The molecule has 0 aliphatic carbocycles. The molecule has 39 heavy (non-hydrogen) atoms. The maximum Gasteiger partial charge on any atom is 0.416 e. The Morgan fingerprint density at radius 2 is 2.00 bits per heavy atom. The molecule has 0 unspecified atom stereocenters. The van der Waals surface area contributed by atoms with Gasteiger partial charge in [0, 0.05) is 42.3 Å². The van der Waals surface area contributed by atoms with E-state index in [-0.39, 0.29) is 5.69 Å². The van der Waals surface area contributed by atoms with Crippen molar-refractivity contribution in [3.63, 3.8) is 0 Å². The minimum Gasteiger partial charge on any atom is -0.369 e. The number of benzene rings is 1. The van der Waals surface area contributed by atoms with Gasteiger partial charge in [-0.3, -0.25) is 14.8 Å². The zero-order chi connectivity index (χ0) is 27.1. The second-order valence-electron chi connectivity index (χ2n) is 8.80. The minimum absolute atomic E-state index is 0.326. The molecule has 0 saturated heterocycles. The molecule has 6 rings (SSSR count). The van der Waals surface area contributed by atoms with Crippen molar-refractivity contribution in [3.05, 3.63) is 82.9 Å². The van der Waals surface area contributed by atoms with Gasteiger partial charge in [-0.05, 0) is 48.4 Å². The second kappa shape index (κ2) is 9.58. The highest BCUT2D eigenvalue weighted by Crippen LogP contribution is 2.39. The van der Waals surface area contributed by atoms with Gasteiger partial charge in [0.15, 0.2) is 0 Å². The standard InChI is InChI=1S/C26H19F3N8OS/c1-14-2-3-17(34-24(38)20-9-16(4-5-31-20)26(27,28)29)10-18(14)19-8-15-11-33-25(35-21-12-30-13-39-21)36-22(15)37-7-6-32-23(19)37/h2-5,8-13,32H,6-7H2,1H3,(H,34,38)/b35-25-. The molecule has 0 atom stereocenters. The largest absolute Gasteiger partial charge is 0.416 e. The fourth-order valence-electron chi connectivity index (χ4n) is 4.40. The number of halogens is 3. The number of alkyl halides is 3. The van der Waals surface area contributed by atoms with Crippen LogP contribution in [0.5, 0.6) is 0 Å². The molecule has 3 aromatic rings. The quantitative estimate of drug-likeness (QED) is 0.322. The predicted molar refractivity (Wildman–Crippen MR) is 140 cm³/mol. The van der Waals surface area contributed by atoms with Gasteiger partial charge in [0.2, 0.25) is 0 Å². The number of rotatable bonds is 4. The first-order chi connectivity index (χ1) is 18.8. The molecule has 0 spiro atoms. The third-order valence-electron chi connectivity index (χ3n) is 6.23. The van der Waals surface area contributed by atoms with Crippen LogP contribution in [-0.2, 0) is 12.7 Å². The van der Waals surface area contributed by atoms with Gasteiger partial charge in [-0.25, -0.2) is 4.98 Å². The number of carbonyl (C=O) groups is 1. The Bertz CT molecular complexity index is 1750. The summed E-state index contributed by atoms with van der Waals surface area (Å²) in [4.78, 5) is 34.1. The zero-order valence-corrected chi connectivity index (χ0v) is 21.1. The van der Waals surface area contributed by atoms with Crippen LogP contribution in [0.2, 0.25) is 0 Å². The number of nitrogens with zero attached hydrogens (tertiary/aromatic N) is 6. The lowest BCUT2D eigenvalue weighted by Gasteiger charge is -2.19. The van der Waals surface area contributed by atoms with E-state index >= 15 is 0 Å². The Morgan fingerprint density at radius 1 is 1.13 bits per heavy atom. The number of hydrogen-bond donors (Lipinski definition) is 2. The average Bonchev–Trinajstić information content (AvgIpc) is 3.62. The molecule has 196 valence electrons. The normalized spacial score (nSPS) is 13.4. The van der Waals surface area contributed by atoms with Gasteiger partial charge >= 0.3 is 6.18 Å². The van der Waals surface area contributed by atoms with Crippen LogP contribution in [0.4, 0.5) is 29.7 Å². The Morgan fingerprint density at radius 3 is 2.79 bits per heavy atom. The number of thiazole rings is 1. The number of anilines is 2. The van der Waals surface area contributed by atoms with Gasteiger partial charge in [0.05, 0.1) is 17.3 Å². The third kappa shape index (κ3) is 4.83. The molecule has 9 nitrogen and oxygen atoms in total. The van der Waals surface area contributed by atoms with E-state index in [0.717, 1.165) is 52.2 Å². The Labute approximate surface area is 223 Å². The summed E-state index contributed by atoms with van der Waals surface area (Å²) < 4.78 is 41.3. The van der Waals surface area contributed by atoms with Crippen molar-refractivity contribution in [2.45, 2.75) is 19.6 Å². The van der Waals surface area contributed by atoms with Crippen LogP contribution in [0.25, 0.3) is 22.5 Å². The Balaban J connectivity index is 1.38. The second-order valence-corrected chi connectivity index (χ2v) is 9.66. The molecule has 1 aromatic carbocycles. The average molecular weight is 549 g/mol. The van der Waals surface area contributed by atoms with Gasteiger partial charge in [-0.2, -0.15) is 23.1 Å². The molecular weight excluding hydrogens is 529 g/mol. The smallest absolute Gasteiger partial charge is 0.369 e. The van der Waals surface area contributed by atoms with E-state index < -0.39 is 17.6 Å². The van der Waals surface area contributed by atoms with Gasteiger partial charge in [-0.15, -0.1) is 11.3 Å². The zero-order valence-electron chi connectivity index (χ0n) is 20.3. The minimum atomic E-state index is -4.57. The van der Waals surface area contributed by atoms with Gasteiger partial charge < -0.3 is 15.2 Å². The number of aromatic nitrogens is 5. The van der Waals surface area contributed by atoms with Crippen molar-refractivity contribution in [1.82, 2.24) is 24.5 Å². The molecule has 5 heterocycles. The van der Waals surface area contributed by atoms with Crippen molar-refractivity contribution in [2.75, 3.05) is 17.2 Å². The predicted octanol–water partition coefficient (Wildman–Crippen LogP) is 5.14. The number of pyridine rings is 2. The van der Waals surface area contributed by atoms with Crippen molar-refractivity contribution < 1.29 is 18.0 Å². The third-order valence-corrected chi connectivity index (χ3v) is 6.89. The molecular formula is C26H19F3N8OS. The van der Waals surface area contributed by atoms with E-state index in [2.05, 4.69) is 40.1 Å². The monoisotopic (exact) mass is 548 g/mol. The maximum atomic E-state index is 13.1. The van der Waals surface area contributed by atoms with E-state index in [1.165, 1.54) is 11.3 Å². The number of aryl methyl sites for hydroxylation is 1. The molecule has 3 aliphatic rings. The van der Waals surface area contributed by atoms with Crippen LogP contribution in [-0.4, -0.2) is 37.0 Å². The van der Waals surface area contributed by atoms with Gasteiger partial charge in [0.25, 0.3) is 11.5 Å². The lowest BCUT2D eigenvalue weighted by atomic mass is 9.98. The van der Waals surface area contributed by atoms with E-state index in [9.17, 15) is 18.0 Å². The topological polar surface area (TPSA) is 110 Å². The first-order valence-electron chi connectivity index (χ1n) is 11.8. The van der Waals surface area contributed by atoms with Gasteiger partial charge in [0.1, 0.15) is 22.3 Å². The van der Waals surface area contributed by atoms with E-state index in [4.69, 9.17) is 0 Å². The van der Waals surface area contributed by atoms with Crippen molar-refractivity contribution in [3.8, 4) is 22.5 Å². The lowest BCUT2D eigenvalue weighted by molar-refractivity contribution is -0.137. The molecule has 1 amide bonds. The van der Waals surface area contributed by atoms with Crippen LogP contribution in [0.15, 0.2) is 65.5 Å². The summed E-state index contributed by atoms with van der Waals surface area (Å²) in [5.74, 6) is 0.851. The molecule has 0 radical (unpaired) electrons. The van der Waals surface area contributed by atoms with E-state index in [0.29, 0.717) is 29.4 Å².